The van der Waals surface area contributed by atoms with Gasteiger partial charge in [0.2, 0.25) is 0 Å². The highest BCUT2D eigenvalue weighted by atomic mass is 16.5. The van der Waals surface area contributed by atoms with Crippen molar-refractivity contribution in [2.45, 2.75) is 60.1 Å². The van der Waals surface area contributed by atoms with Crippen LogP contribution in [0.5, 0.6) is 0 Å². The van der Waals surface area contributed by atoms with Crippen LogP contribution in [0.25, 0.3) is 0 Å². The van der Waals surface area contributed by atoms with Crippen LogP contribution in [0.1, 0.15) is 48.5 Å². The quantitative estimate of drug-likeness (QED) is 0.713. The van der Waals surface area contributed by atoms with E-state index in [2.05, 4.69) is 46.9 Å². The molecule has 0 fully saturated rings. The van der Waals surface area contributed by atoms with Crippen LogP contribution in [-0.4, -0.2) is 38.0 Å². The number of ether oxygens (including phenoxy) is 2. The van der Waals surface area contributed by atoms with Crippen molar-refractivity contribution < 1.29 is 9.47 Å². The van der Waals surface area contributed by atoms with Crippen molar-refractivity contribution in [3.05, 3.63) is 0 Å². The van der Waals surface area contributed by atoms with Crippen molar-refractivity contribution in [2.24, 2.45) is 5.41 Å². The van der Waals surface area contributed by atoms with Crippen molar-refractivity contribution in [3.63, 3.8) is 0 Å². The van der Waals surface area contributed by atoms with E-state index in [9.17, 15) is 0 Å². The summed E-state index contributed by atoms with van der Waals surface area (Å²) in [7, 11) is 0. The summed E-state index contributed by atoms with van der Waals surface area (Å²) >= 11 is 0. The van der Waals surface area contributed by atoms with Crippen LogP contribution in [0.4, 0.5) is 0 Å². The highest BCUT2D eigenvalue weighted by Crippen LogP contribution is 2.16. The first-order valence-corrected chi connectivity index (χ1v) is 6.61. The first-order chi connectivity index (χ1) is 7.66. The van der Waals surface area contributed by atoms with Gasteiger partial charge in [-0.3, -0.25) is 0 Å². The van der Waals surface area contributed by atoms with Gasteiger partial charge in [-0.2, -0.15) is 0 Å². The number of hydrogen-bond acceptors (Lipinski definition) is 3. The Morgan fingerprint density at radius 2 is 1.71 bits per heavy atom. The number of hydrogen-bond donors (Lipinski definition) is 1. The molecule has 0 aliphatic carbocycles. The molecule has 0 aromatic rings. The van der Waals surface area contributed by atoms with E-state index in [1.165, 1.54) is 0 Å². The predicted molar refractivity (Wildman–Crippen MR) is 73.4 cm³/mol. The van der Waals surface area contributed by atoms with Crippen LogP contribution in [0.15, 0.2) is 0 Å². The zero-order valence-electron chi connectivity index (χ0n) is 12.7. The normalized spacial score (nSPS) is 15.0. The summed E-state index contributed by atoms with van der Waals surface area (Å²) < 4.78 is 11.1. The third kappa shape index (κ3) is 10.7. The Morgan fingerprint density at radius 3 is 2.18 bits per heavy atom. The lowest BCUT2D eigenvalue weighted by Crippen LogP contribution is -2.43. The molecule has 0 radical (unpaired) electrons. The molecule has 0 saturated heterocycles. The fraction of sp³-hybridized carbons (Fsp3) is 1.00. The van der Waals surface area contributed by atoms with E-state index < -0.39 is 0 Å². The molecule has 0 saturated carbocycles. The lowest BCUT2D eigenvalue weighted by Gasteiger charge is -2.31. The summed E-state index contributed by atoms with van der Waals surface area (Å²) in [6.45, 7) is 18.2. The van der Waals surface area contributed by atoms with Gasteiger partial charge < -0.3 is 14.8 Å². The van der Waals surface area contributed by atoms with Gasteiger partial charge in [-0.05, 0) is 34.6 Å². The lowest BCUT2D eigenvalue weighted by molar-refractivity contribution is -0.0337. The summed E-state index contributed by atoms with van der Waals surface area (Å²) in [6, 6.07) is 0. The Kier molecular flexibility index (Phi) is 7.29. The Morgan fingerprint density at radius 1 is 1.12 bits per heavy atom. The Balaban J connectivity index is 3.84. The third-order valence-corrected chi connectivity index (χ3v) is 2.41. The molecule has 0 aromatic heterocycles. The molecule has 0 bridgehead atoms. The van der Waals surface area contributed by atoms with Gasteiger partial charge in [0, 0.05) is 24.1 Å². The standard InChI is InChI=1S/C14H31NO2/c1-8-16-9-12(2)17-11-14(6,7)10-15-13(3,4)5/h12,15H,8-11H2,1-7H3. The maximum atomic E-state index is 5.81. The van der Waals surface area contributed by atoms with E-state index in [4.69, 9.17) is 9.47 Å². The van der Waals surface area contributed by atoms with Crippen molar-refractivity contribution in [3.8, 4) is 0 Å². The number of rotatable bonds is 8. The molecule has 104 valence electrons. The maximum absolute atomic E-state index is 5.81. The average molecular weight is 245 g/mol. The smallest absolute Gasteiger partial charge is 0.0780 e. The fourth-order valence-corrected chi connectivity index (χ4v) is 1.26. The second-order valence-corrected chi connectivity index (χ2v) is 6.55. The van der Waals surface area contributed by atoms with Gasteiger partial charge in [-0.1, -0.05) is 13.8 Å². The highest BCUT2D eigenvalue weighted by molar-refractivity contribution is 4.78. The molecule has 0 heterocycles. The minimum Gasteiger partial charge on any atom is -0.379 e. The minimum absolute atomic E-state index is 0.147. The lowest BCUT2D eigenvalue weighted by atomic mass is 9.93. The third-order valence-electron chi connectivity index (χ3n) is 2.41. The molecule has 1 unspecified atom stereocenters. The zero-order chi connectivity index (χ0) is 13.5. The topological polar surface area (TPSA) is 30.5 Å². The SMILES string of the molecule is CCOCC(C)OCC(C)(C)CNC(C)(C)C. The van der Waals surface area contributed by atoms with Crippen molar-refractivity contribution in [1.82, 2.24) is 5.32 Å². The van der Waals surface area contributed by atoms with E-state index in [0.29, 0.717) is 6.61 Å². The predicted octanol–water partition coefficient (Wildman–Crippen LogP) is 2.84. The molecule has 17 heavy (non-hydrogen) atoms. The summed E-state index contributed by atoms with van der Waals surface area (Å²) in [5, 5.41) is 3.52. The Bertz CT molecular complexity index is 197. The molecule has 1 N–H and O–H groups in total. The Labute approximate surface area is 107 Å². The first kappa shape index (κ1) is 16.9. The van der Waals surface area contributed by atoms with E-state index in [-0.39, 0.29) is 17.1 Å². The fourth-order valence-electron chi connectivity index (χ4n) is 1.26. The molecule has 1 atom stereocenters. The van der Waals surface area contributed by atoms with Gasteiger partial charge in [0.15, 0.2) is 0 Å². The Hall–Kier alpha value is -0.120. The number of nitrogens with one attached hydrogen (secondary N) is 1. The van der Waals surface area contributed by atoms with Crippen molar-refractivity contribution in [2.75, 3.05) is 26.4 Å². The van der Waals surface area contributed by atoms with E-state index in [1.54, 1.807) is 0 Å². The van der Waals surface area contributed by atoms with Crippen LogP contribution in [0, 0.1) is 5.41 Å². The molecule has 0 aliphatic heterocycles. The van der Waals surface area contributed by atoms with E-state index in [0.717, 1.165) is 19.8 Å². The summed E-state index contributed by atoms with van der Waals surface area (Å²) in [6.07, 6.45) is 0.170. The monoisotopic (exact) mass is 245 g/mol. The second-order valence-electron chi connectivity index (χ2n) is 6.55. The summed E-state index contributed by atoms with van der Waals surface area (Å²) in [5.41, 5.74) is 0.308. The van der Waals surface area contributed by atoms with Gasteiger partial charge >= 0.3 is 0 Å². The largest absolute Gasteiger partial charge is 0.379 e. The maximum Gasteiger partial charge on any atom is 0.0780 e. The van der Waals surface area contributed by atoms with Gasteiger partial charge in [0.25, 0.3) is 0 Å². The van der Waals surface area contributed by atoms with Gasteiger partial charge in [0.05, 0.1) is 19.3 Å². The molecular formula is C14H31NO2. The second kappa shape index (κ2) is 7.34. The van der Waals surface area contributed by atoms with E-state index >= 15 is 0 Å². The van der Waals surface area contributed by atoms with Crippen molar-refractivity contribution in [1.29, 1.82) is 0 Å². The van der Waals surface area contributed by atoms with E-state index in [1.807, 2.05) is 6.92 Å². The van der Waals surface area contributed by atoms with Crippen LogP contribution < -0.4 is 5.32 Å². The molecule has 0 aliphatic rings. The van der Waals surface area contributed by atoms with Gasteiger partial charge in [-0.25, -0.2) is 0 Å². The molecule has 0 spiro atoms. The van der Waals surface area contributed by atoms with Crippen LogP contribution >= 0.6 is 0 Å². The summed E-state index contributed by atoms with van der Waals surface area (Å²) in [4.78, 5) is 0. The first-order valence-electron chi connectivity index (χ1n) is 6.61. The van der Waals surface area contributed by atoms with Crippen LogP contribution in [0.2, 0.25) is 0 Å². The molecular weight excluding hydrogens is 214 g/mol. The molecule has 3 nitrogen and oxygen atoms in total. The van der Waals surface area contributed by atoms with Gasteiger partial charge in [-0.15, -0.1) is 0 Å². The van der Waals surface area contributed by atoms with Crippen LogP contribution in [0.3, 0.4) is 0 Å². The minimum atomic E-state index is 0.147. The molecule has 3 heteroatoms. The molecule has 0 amide bonds. The molecule has 0 aromatic carbocycles. The highest BCUT2D eigenvalue weighted by Gasteiger charge is 2.22. The summed E-state index contributed by atoms with van der Waals surface area (Å²) in [5.74, 6) is 0. The van der Waals surface area contributed by atoms with Gasteiger partial charge in [0.1, 0.15) is 0 Å². The average Bonchev–Trinajstić information content (AvgIpc) is 2.20. The van der Waals surface area contributed by atoms with Crippen molar-refractivity contribution >= 4 is 0 Å². The molecule has 0 rings (SSSR count). The zero-order valence-corrected chi connectivity index (χ0v) is 12.7. The van der Waals surface area contributed by atoms with Crippen LogP contribution in [-0.2, 0) is 9.47 Å².